The van der Waals surface area contributed by atoms with E-state index in [-0.39, 0.29) is 17.0 Å². The number of likely N-dealkylation sites (N-methyl/N-ethyl adjacent to an activating group) is 1. The molecule has 0 unspecified atom stereocenters. The number of aromatic amines is 1. The molecule has 2 heterocycles. The number of fused-ring (bicyclic) bond motifs is 2. The fourth-order valence-electron chi connectivity index (χ4n) is 3.92. The van der Waals surface area contributed by atoms with E-state index >= 15 is 0 Å². The van der Waals surface area contributed by atoms with Gasteiger partial charge >= 0.3 is 0 Å². The summed E-state index contributed by atoms with van der Waals surface area (Å²) in [5.74, 6) is 0.560. The van der Waals surface area contributed by atoms with Crippen LogP contribution < -0.4 is 15.2 Å². The van der Waals surface area contributed by atoms with Crippen LogP contribution >= 0.6 is 0 Å². The minimum absolute atomic E-state index is 0.00718. The van der Waals surface area contributed by atoms with E-state index in [0.29, 0.717) is 30.9 Å². The summed E-state index contributed by atoms with van der Waals surface area (Å²) in [5, 5.41) is 0.883. The zero-order valence-corrected chi connectivity index (χ0v) is 18.8. The summed E-state index contributed by atoms with van der Waals surface area (Å²) in [6.45, 7) is 5.43. The third-order valence-electron chi connectivity index (χ3n) is 5.65. The van der Waals surface area contributed by atoms with Gasteiger partial charge in [-0.2, -0.15) is 4.31 Å². The smallest absolute Gasteiger partial charge is 0.252 e. The molecule has 0 saturated heterocycles. The lowest BCUT2D eigenvalue weighted by Gasteiger charge is -2.28. The summed E-state index contributed by atoms with van der Waals surface area (Å²) in [5.41, 5.74) is 2.77. The van der Waals surface area contributed by atoms with Gasteiger partial charge in [0.15, 0.2) is 0 Å². The highest BCUT2D eigenvalue weighted by molar-refractivity contribution is 7.89. The number of sulfonamides is 1. The Labute approximate surface area is 182 Å². The van der Waals surface area contributed by atoms with E-state index in [1.165, 1.54) is 4.31 Å². The summed E-state index contributed by atoms with van der Waals surface area (Å²) in [4.78, 5) is 17.8. The molecular weight excluding hydrogens is 414 g/mol. The first-order chi connectivity index (χ1) is 14.8. The van der Waals surface area contributed by atoms with Crippen molar-refractivity contribution in [3.05, 3.63) is 63.9 Å². The number of para-hydroxylation sites is 1. The van der Waals surface area contributed by atoms with Crippen LogP contribution in [0.5, 0.6) is 5.75 Å². The normalized spacial score (nSPS) is 14.0. The number of hydrogen-bond acceptors (Lipinski definition) is 5. The molecule has 0 aliphatic carbocycles. The number of aromatic nitrogens is 1. The Kier molecular flexibility index (Phi) is 5.77. The Morgan fingerprint density at radius 3 is 2.77 bits per heavy atom. The Balaban J connectivity index is 1.71. The standard InChI is InChI=1S/C23H27N3O4S/c1-4-10-26(15-18-13-17-7-5-6-16(2)22(17)24-23(18)27)31(28,29)19-8-9-20-21(14-19)30-12-11-25(20)3/h5-9,13-14H,4,10-12,15H2,1-3H3,(H,24,27). The Bertz CT molecular complexity index is 1280. The molecular formula is C23H27N3O4S. The molecule has 0 atom stereocenters. The molecule has 4 rings (SSSR count). The van der Waals surface area contributed by atoms with Crippen LogP contribution in [0.1, 0.15) is 24.5 Å². The third-order valence-corrected chi connectivity index (χ3v) is 7.49. The van der Waals surface area contributed by atoms with Crippen LogP contribution in [0.2, 0.25) is 0 Å². The molecule has 2 aromatic carbocycles. The summed E-state index contributed by atoms with van der Waals surface area (Å²) in [6, 6.07) is 12.5. The summed E-state index contributed by atoms with van der Waals surface area (Å²) in [7, 11) is -1.86. The average molecular weight is 442 g/mol. The maximum absolute atomic E-state index is 13.5. The highest BCUT2D eigenvalue weighted by atomic mass is 32.2. The first-order valence-corrected chi connectivity index (χ1v) is 11.8. The third kappa shape index (κ3) is 4.05. The van der Waals surface area contributed by atoms with Crippen molar-refractivity contribution in [2.75, 3.05) is 31.6 Å². The van der Waals surface area contributed by atoms with Gasteiger partial charge in [-0.1, -0.05) is 25.1 Å². The number of benzene rings is 2. The number of aryl methyl sites for hydroxylation is 1. The molecule has 0 spiro atoms. The molecule has 8 heteroatoms. The number of hydrogen-bond donors (Lipinski definition) is 1. The Morgan fingerprint density at radius 1 is 1.19 bits per heavy atom. The lowest BCUT2D eigenvalue weighted by molar-refractivity contribution is 0.310. The van der Waals surface area contributed by atoms with Gasteiger partial charge in [0, 0.05) is 31.8 Å². The van der Waals surface area contributed by atoms with Crippen molar-refractivity contribution in [2.45, 2.75) is 31.7 Å². The van der Waals surface area contributed by atoms with Gasteiger partial charge < -0.3 is 14.6 Å². The van der Waals surface area contributed by atoms with Crippen LogP contribution in [0.15, 0.2) is 52.2 Å². The minimum atomic E-state index is -3.81. The quantitative estimate of drug-likeness (QED) is 0.635. The highest BCUT2D eigenvalue weighted by Crippen LogP contribution is 2.34. The van der Waals surface area contributed by atoms with Gasteiger partial charge in [0.05, 0.1) is 22.6 Å². The molecule has 0 saturated carbocycles. The van der Waals surface area contributed by atoms with Gasteiger partial charge in [0.25, 0.3) is 5.56 Å². The van der Waals surface area contributed by atoms with Crippen molar-refractivity contribution in [2.24, 2.45) is 0 Å². The monoisotopic (exact) mass is 441 g/mol. The van der Waals surface area contributed by atoms with Gasteiger partial charge in [-0.15, -0.1) is 0 Å². The Morgan fingerprint density at radius 2 is 2.00 bits per heavy atom. The van der Waals surface area contributed by atoms with Gasteiger partial charge in [-0.05, 0) is 42.5 Å². The van der Waals surface area contributed by atoms with E-state index in [9.17, 15) is 13.2 Å². The molecule has 0 fully saturated rings. The maximum atomic E-state index is 13.5. The molecule has 31 heavy (non-hydrogen) atoms. The number of anilines is 1. The van der Waals surface area contributed by atoms with Crippen molar-refractivity contribution in [1.82, 2.24) is 9.29 Å². The van der Waals surface area contributed by atoms with Crippen LogP contribution in [0.4, 0.5) is 5.69 Å². The van der Waals surface area contributed by atoms with Crippen LogP contribution in [-0.4, -0.2) is 44.5 Å². The number of ether oxygens (including phenoxy) is 1. The molecule has 0 amide bonds. The highest BCUT2D eigenvalue weighted by Gasteiger charge is 2.27. The first kappa shape index (κ1) is 21.4. The van der Waals surface area contributed by atoms with Crippen LogP contribution in [0.3, 0.4) is 0 Å². The molecule has 1 aliphatic heterocycles. The summed E-state index contributed by atoms with van der Waals surface area (Å²) in [6.07, 6.45) is 0.633. The molecule has 0 bridgehead atoms. The predicted octanol–water partition coefficient (Wildman–Crippen LogP) is 3.27. The van der Waals surface area contributed by atoms with E-state index in [1.807, 2.05) is 44.0 Å². The Hall–Kier alpha value is -2.84. The van der Waals surface area contributed by atoms with E-state index in [1.54, 1.807) is 24.3 Å². The van der Waals surface area contributed by atoms with Gasteiger partial charge in [0.2, 0.25) is 10.0 Å². The predicted molar refractivity (Wildman–Crippen MR) is 122 cm³/mol. The second-order valence-corrected chi connectivity index (χ2v) is 9.84. The van der Waals surface area contributed by atoms with Crippen molar-refractivity contribution in [3.8, 4) is 5.75 Å². The number of nitrogens with zero attached hydrogens (tertiary/aromatic N) is 2. The zero-order valence-electron chi connectivity index (χ0n) is 18.0. The number of pyridine rings is 1. The molecule has 1 N–H and O–H groups in total. The fourth-order valence-corrected chi connectivity index (χ4v) is 5.44. The molecule has 1 aliphatic rings. The van der Waals surface area contributed by atoms with Gasteiger partial charge in [-0.25, -0.2) is 8.42 Å². The second-order valence-electron chi connectivity index (χ2n) is 7.90. The van der Waals surface area contributed by atoms with Crippen molar-refractivity contribution < 1.29 is 13.2 Å². The number of H-pyrrole nitrogens is 1. The van der Waals surface area contributed by atoms with Crippen molar-refractivity contribution >= 4 is 26.6 Å². The van der Waals surface area contributed by atoms with Gasteiger partial charge in [-0.3, -0.25) is 4.79 Å². The largest absolute Gasteiger partial charge is 0.490 e. The van der Waals surface area contributed by atoms with E-state index < -0.39 is 10.0 Å². The molecule has 164 valence electrons. The van der Waals surface area contributed by atoms with Crippen molar-refractivity contribution in [1.29, 1.82) is 0 Å². The number of rotatable bonds is 6. The topological polar surface area (TPSA) is 82.7 Å². The molecule has 3 aromatic rings. The average Bonchev–Trinajstić information content (AvgIpc) is 2.74. The number of nitrogens with one attached hydrogen (secondary N) is 1. The minimum Gasteiger partial charge on any atom is -0.490 e. The summed E-state index contributed by atoms with van der Waals surface area (Å²) >= 11 is 0. The summed E-state index contributed by atoms with van der Waals surface area (Å²) < 4.78 is 34.0. The van der Waals surface area contributed by atoms with Crippen molar-refractivity contribution in [3.63, 3.8) is 0 Å². The zero-order chi connectivity index (χ0) is 22.2. The van der Waals surface area contributed by atoms with Crippen LogP contribution in [-0.2, 0) is 16.6 Å². The van der Waals surface area contributed by atoms with E-state index in [4.69, 9.17) is 4.74 Å². The molecule has 0 radical (unpaired) electrons. The molecule has 7 nitrogen and oxygen atoms in total. The van der Waals surface area contributed by atoms with Crippen LogP contribution in [0.25, 0.3) is 10.9 Å². The second kappa shape index (κ2) is 8.36. The lowest BCUT2D eigenvalue weighted by Crippen LogP contribution is -2.34. The van der Waals surface area contributed by atoms with Gasteiger partial charge in [0.1, 0.15) is 12.4 Å². The lowest BCUT2D eigenvalue weighted by atomic mass is 10.1. The van der Waals surface area contributed by atoms with E-state index in [2.05, 4.69) is 4.98 Å². The SMILES string of the molecule is CCCN(Cc1cc2cccc(C)c2[nH]c1=O)S(=O)(=O)c1ccc2c(c1)OCCN2C. The fraction of sp³-hybridized carbons (Fsp3) is 0.348. The van der Waals surface area contributed by atoms with E-state index in [0.717, 1.165) is 28.7 Å². The maximum Gasteiger partial charge on any atom is 0.252 e. The first-order valence-electron chi connectivity index (χ1n) is 10.4. The molecule has 1 aromatic heterocycles. The van der Waals surface area contributed by atoms with Crippen LogP contribution in [0, 0.1) is 6.92 Å².